The number of hydrogen-bond acceptors (Lipinski definition) is 4. The van der Waals surface area contributed by atoms with E-state index in [1.807, 2.05) is 6.92 Å². The number of esters is 1. The van der Waals surface area contributed by atoms with Crippen molar-refractivity contribution in [3.8, 4) is 0 Å². The van der Waals surface area contributed by atoms with Crippen LogP contribution in [0, 0.1) is 5.92 Å². The Bertz CT molecular complexity index is 215. The maximum Gasteiger partial charge on any atom is 0.306 e. The van der Waals surface area contributed by atoms with E-state index >= 15 is 0 Å². The summed E-state index contributed by atoms with van der Waals surface area (Å²) in [5, 5.41) is 0. The second-order valence-corrected chi connectivity index (χ2v) is 5.06. The van der Waals surface area contributed by atoms with Gasteiger partial charge in [-0.1, -0.05) is 24.9 Å². The highest BCUT2D eigenvalue weighted by Gasteiger charge is 2.10. The minimum atomic E-state index is -2.06. The second kappa shape index (κ2) is 7.82. The van der Waals surface area contributed by atoms with Gasteiger partial charge in [0.2, 0.25) is 0 Å². The van der Waals surface area contributed by atoms with E-state index in [0.717, 1.165) is 6.42 Å². The molecule has 0 saturated heterocycles. The van der Waals surface area contributed by atoms with Crippen LogP contribution >= 0.6 is 0 Å². The molecule has 2 unspecified atom stereocenters. The van der Waals surface area contributed by atoms with Crippen molar-refractivity contribution in [3.05, 3.63) is 0 Å². The Morgan fingerprint density at radius 3 is 2.47 bits per heavy atom. The van der Waals surface area contributed by atoms with Gasteiger partial charge in [-0.15, -0.1) is 0 Å². The molecule has 0 spiro atoms. The summed E-state index contributed by atoms with van der Waals surface area (Å²) >= 11 is -2.06. The van der Waals surface area contributed by atoms with E-state index in [-0.39, 0.29) is 24.2 Å². The summed E-state index contributed by atoms with van der Waals surface area (Å²) in [5.74, 6) is 0.198. The Morgan fingerprint density at radius 1 is 1.40 bits per heavy atom. The van der Waals surface area contributed by atoms with Gasteiger partial charge in [0.1, 0.15) is 0 Å². The third-order valence-electron chi connectivity index (χ3n) is 1.83. The Morgan fingerprint density at radius 2 is 2.00 bits per heavy atom. The molecule has 0 fully saturated rings. The van der Waals surface area contributed by atoms with Crippen molar-refractivity contribution >= 4 is 17.0 Å². The molecule has 15 heavy (non-hydrogen) atoms. The van der Waals surface area contributed by atoms with Crippen molar-refractivity contribution in [1.82, 2.24) is 0 Å². The summed E-state index contributed by atoms with van der Waals surface area (Å²) in [7, 11) is 0. The molecule has 0 aliphatic heterocycles. The van der Waals surface area contributed by atoms with Crippen LogP contribution in [0.4, 0.5) is 0 Å². The molecule has 4 nitrogen and oxygen atoms in total. The van der Waals surface area contributed by atoms with Crippen LogP contribution in [-0.4, -0.2) is 26.6 Å². The topological polar surface area (TPSA) is 66.4 Å². The van der Waals surface area contributed by atoms with Crippen molar-refractivity contribution in [2.24, 2.45) is 5.92 Å². The van der Waals surface area contributed by atoms with Crippen LogP contribution in [0.1, 0.15) is 40.0 Å². The van der Waals surface area contributed by atoms with Crippen LogP contribution in [0.25, 0.3) is 0 Å². The summed E-state index contributed by atoms with van der Waals surface area (Å²) in [4.78, 5) is 11.2. The number of hydrogen-bond donors (Lipinski definition) is 0. The molecule has 0 N–H and O–H groups in total. The summed E-state index contributed by atoms with van der Waals surface area (Å²) in [5.41, 5.74) is 0. The van der Waals surface area contributed by atoms with E-state index in [9.17, 15) is 13.6 Å². The van der Waals surface area contributed by atoms with Crippen LogP contribution in [-0.2, 0) is 20.6 Å². The fraction of sp³-hybridized carbons (Fsp3) is 0.900. The average Bonchev–Trinajstić information content (AvgIpc) is 2.00. The van der Waals surface area contributed by atoms with Crippen molar-refractivity contribution in [2.45, 2.75) is 46.1 Å². The van der Waals surface area contributed by atoms with Gasteiger partial charge in [-0.3, -0.25) is 9.00 Å². The van der Waals surface area contributed by atoms with E-state index < -0.39 is 11.1 Å². The van der Waals surface area contributed by atoms with E-state index in [2.05, 4.69) is 13.8 Å². The third-order valence-corrected chi connectivity index (χ3v) is 2.45. The van der Waals surface area contributed by atoms with Crippen molar-refractivity contribution in [1.29, 1.82) is 0 Å². The zero-order chi connectivity index (χ0) is 11.8. The van der Waals surface area contributed by atoms with Crippen molar-refractivity contribution in [3.63, 3.8) is 0 Å². The summed E-state index contributed by atoms with van der Waals surface area (Å²) in [6.07, 6.45) is 1.26. The smallest absolute Gasteiger partial charge is 0.306 e. The minimum absolute atomic E-state index is 0.0215. The number of carbonyl (C=O) groups is 1. The monoisotopic (exact) mass is 235 g/mol. The number of ether oxygens (including phenoxy) is 1. The van der Waals surface area contributed by atoms with Crippen LogP contribution in [0.3, 0.4) is 0 Å². The Hall–Kier alpha value is -0.420. The summed E-state index contributed by atoms with van der Waals surface area (Å²) < 4.78 is 25.5. The molecule has 0 radical (unpaired) electrons. The van der Waals surface area contributed by atoms with E-state index in [4.69, 9.17) is 4.74 Å². The van der Waals surface area contributed by atoms with Gasteiger partial charge < -0.3 is 9.29 Å². The lowest BCUT2D eigenvalue weighted by Crippen LogP contribution is -2.17. The highest BCUT2D eigenvalue weighted by atomic mass is 32.2. The van der Waals surface area contributed by atoms with E-state index in [0.29, 0.717) is 12.3 Å². The van der Waals surface area contributed by atoms with Gasteiger partial charge in [0.05, 0.1) is 6.10 Å². The van der Waals surface area contributed by atoms with Crippen molar-refractivity contribution < 1.29 is 18.3 Å². The van der Waals surface area contributed by atoms with Crippen LogP contribution < -0.4 is 0 Å². The third kappa shape index (κ3) is 9.87. The first-order valence-corrected chi connectivity index (χ1v) is 6.41. The van der Waals surface area contributed by atoms with Gasteiger partial charge in [0.15, 0.2) is 0 Å². The zero-order valence-electron chi connectivity index (χ0n) is 9.52. The van der Waals surface area contributed by atoms with Crippen LogP contribution in [0.5, 0.6) is 0 Å². The van der Waals surface area contributed by atoms with Crippen LogP contribution in [0.15, 0.2) is 0 Å². The number of rotatable bonds is 7. The fourth-order valence-electron chi connectivity index (χ4n) is 1.33. The molecule has 0 aliphatic carbocycles. The lowest BCUT2D eigenvalue weighted by atomic mass is 10.1. The lowest BCUT2D eigenvalue weighted by Gasteiger charge is -2.15. The predicted octanol–water partition coefficient (Wildman–Crippen LogP) is 1.62. The van der Waals surface area contributed by atoms with Gasteiger partial charge in [-0.05, 0) is 25.7 Å². The standard InChI is InChI=1S/C10H20O4S/c1-8(2)7-9(3)14-10(11)5-4-6-15(12)13/h8-9H,4-7H2,1-3H3,(H,12,13)/p-1. The van der Waals surface area contributed by atoms with E-state index in [1.165, 1.54) is 0 Å². The molecule has 0 aromatic carbocycles. The van der Waals surface area contributed by atoms with Gasteiger partial charge in [-0.25, -0.2) is 0 Å². The van der Waals surface area contributed by atoms with Crippen molar-refractivity contribution in [2.75, 3.05) is 5.75 Å². The zero-order valence-corrected chi connectivity index (χ0v) is 10.3. The Kier molecular flexibility index (Phi) is 7.60. The molecule has 2 atom stereocenters. The van der Waals surface area contributed by atoms with Gasteiger partial charge >= 0.3 is 5.97 Å². The summed E-state index contributed by atoms with van der Waals surface area (Å²) in [6, 6.07) is 0. The van der Waals surface area contributed by atoms with Crippen LogP contribution in [0.2, 0.25) is 0 Å². The maximum atomic E-state index is 11.2. The fourth-order valence-corrected chi connectivity index (χ4v) is 1.71. The molecule has 0 rings (SSSR count). The quantitative estimate of drug-likeness (QED) is 0.497. The molecule has 0 aromatic heterocycles. The Labute approximate surface area is 93.7 Å². The van der Waals surface area contributed by atoms with E-state index in [1.54, 1.807) is 0 Å². The first-order chi connectivity index (χ1) is 6.91. The second-order valence-electron chi connectivity index (χ2n) is 4.04. The molecular formula is C10H19O4S-. The highest BCUT2D eigenvalue weighted by molar-refractivity contribution is 7.79. The maximum absolute atomic E-state index is 11.2. The highest BCUT2D eigenvalue weighted by Crippen LogP contribution is 2.08. The normalized spacial score (nSPS) is 15.0. The predicted molar refractivity (Wildman–Crippen MR) is 58.0 cm³/mol. The molecule has 0 saturated carbocycles. The average molecular weight is 235 g/mol. The largest absolute Gasteiger partial charge is 0.772 e. The molecule has 0 aliphatic rings. The Balaban J connectivity index is 3.60. The molecule has 5 heteroatoms. The molecule has 0 amide bonds. The first kappa shape index (κ1) is 14.6. The van der Waals surface area contributed by atoms with Gasteiger partial charge in [0.25, 0.3) is 0 Å². The summed E-state index contributed by atoms with van der Waals surface area (Å²) in [6.45, 7) is 5.97. The molecule has 0 aromatic rings. The molecular weight excluding hydrogens is 216 g/mol. The molecule has 0 heterocycles. The molecule has 0 bridgehead atoms. The lowest BCUT2D eigenvalue weighted by molar-refractivity contribution is -0.148. The number of carbonyl (C=O) groups excluding carboxylic acids is 1. The van der Waals surface area contributed by atoms with Gasteiger partial charge in [0, 0.05) is 12.2 Å². The minimum Gasteiger partial charge on any atom is -0.772 e. The molecule has 90 valence electrons. The SMILES string of the molecule is CC(C)CC(C)OC(=O)CCCS(=O)[O-]. The first-order valence-electron chi connectivity index (χ1n) is 5.17. The van der Waals surface area contributed by atoms with Gasteiger partial charge in [-0.2, -0.15) is 0 Å².